The maximum absolute atomic E-state index is 14.2. The summed E-state index contributed by atoms with van der Waals surface area (Å²) < 4.78 is 41.0. The van der Waals surface area contributed by atoms with Gasteiger partial charge in [-0.3, -0.25) is 9.97 Å². The average Bonchev–Trinajstić information content (AvgIpc) is 2.64. The molecule has 3 aromatic heterocycles. The molecule has 7 heteroatoms. The second kappa shape index (κ2) is 5.94. The molecule has 0 spiro atoms. The van der Waals surface area contributed by atoms with E-state index < -0.39 is 17.5 Å². The third-order valence-corrected chi connectivity index (χ3v) is 3.68. The molecule has 0 fully saturated rings. The molecule has 4 nitrogen and oxygen atoms in total. The van der Waals surface area contributed by atoms with E-state index in [-0.39, 0.29) is 11.3 Å². The van der Waals surface area contributed by atoms with Crippen molar-refractivity contribution in [3.8, 4) is 22.5 Å². The normalized spacial score (nSPS) is 11.0. The summed E-state index contributed by atoms with van der Waals surface area (Å²) in [5.41, 5.74) is 1.99. The lowest BCUT2D eigenvalue weighted by Crippen LogP contribution is -1.97. The number of hydrogen-bond acceptors (Lipinski definition) is 4. The fourth-order valence-corrected chi connectivity index (χ4v) is 2.54. The summed E-state index contributed by atoms with van der Waals surface area (Å²) in [5, 5.41) is 0. The Morgan fingerprint density at radius 3 is 2.36 bits per heavy atom. The minimum atomic E-state index is -1.25. The molecule has 4 aromatic rings. The molecule has 0 aliphatic rings. The highest BCUT2D eigenvalue weighted by atomic mass is 19.2. The van der Waals surface area contributed by atoms with Gasteiger partial charge in [-0.2, -0.15) is 0 Å². The first-order chi connectivity index (χ1) is 12.1. The molecule has 3 heterocycles. The van der Waals surface area contributed by atoms with Gasteiger partial charge in [0.15, 0.2) is 17.3 Å². The number of pyridine rings is 2. The second-order valence-corrected chi connectivity index (χ2v) is 5.24. The van der Waals surface area contributed by atoms with Crippen LogP contribution in [0.5, 0.6) is 0 Å². The zero-order chi connectivity index (χ0) is 17.4. The van der Waals surface area contributed by atoms with Crippen LogP contribution in [0.15, 0.2) is 55.0 Å². The van der Waals surface area contributed by atoms with Crippen molar-refractivity contribution in [3.05, 3.63) is 72.4 Å². The van der Waals surface area contributed by atoms with Crippen molar-refractivity contribution in [2.45, 2.75) is 0 Å². The maximum Gasteiger partial charge on any atom is 0.178 e. The van der Waals surface area contributed by atoms with E-state index in [1.165, 1.54) is 12.4 Å². The zero-order valence-electron chi connectivity index (χ0n) is 12.6. The van der Waals surface area contributed by atoms with Crippen LogP contribution in [0.4, 0.5) is 13.2 Å². The highest BCUT2D eigenvalue weighted by Crippen LogP contribution is 2.32. The minimum Gasteiger partial charge on any atom is -0.255 e. The first-order valence-electron chi connectivity index (χ1n) is 7.31. The van der Waals surface area contributed by atoms with Crippen molar-refractivity contribution in [2.75, 3.05) is 0 Å². The smallest absolute Gasteiger partial charge is 0.178 e. The van der Waals surface area contributed by atoms with E-state index >= 15 is 0 Å². The Labute approximate surface area is 140 Å². The Morgan fingerprint density at radius 1 is 0.680 bits per heavy atom. The highest BCUT2D eigenvalue weighted by molar-refractivity contribution is 5.82. The summed E-state index contributed by atoms with van der Waals surface area (Å²) in [7, 11) is 0. The Balaban J connectivity index is 1.93. The van der Waals surface area contributed by atoms with Crippen LogP contribution < -0.4 is 0 Å². The van der Waals surface area contributed by atoms with E-state index in [0.717, 1.165) is 6.07 Å². The lowest BCUT2D eigenvalue weighted by Gasteiger charge is -2.10. The van der Waals surface area contributed by atoms with Crippen molar-refractivity contribution >= 4 is 11.2 Å². The number of rotatable bonds is 2. The summed E-state index contributed by atoms with van der Waals surface area (Å²) in [5.74, 6) is -3.30. The van der Waals surface area contributed by atoms with E-state index in [1.807, 2.05) is 0 Å². The van der Waals surface area contributed by atoms with E-state index in [4.69, 9.17) is 0 Å². The van der Waals surface area contributed by atoms with Crippen molar-refractivity contribution in [1.82, 2.24) is 19.9 Å². The van der Waals surface area contributed by atoms with Crippen LogP contribution in [0.1, 0.15) is 0 Å². The van der Waals surface area contributed by atoms with Crippen molar-refractivity contribution in [3.63, 3.8) is 0 Å². The summed E-state index contributed by atoms with van der Waals surface area (Å²) in [6.45, 7) is 0. The van der Waals surface area contributed by atoms with Crippen LogP contribution >= 0.6 is 0 Å². The third-order valence-electron chi connectivity index (χ3n) is 3.68. The standard InChI is InChI=1S/C18H9F3N4/c19-12-9-14(21)13(20)8-11(12)17-10(2-1-5-23-17)15-3-4-16-18(25-15)24-7-6-22-16/h1-9H. The predicted octanol–water partition coefficient (Wildman–Crippen LogP) is 4.17. The number of halogens is 3. The van der Waals surface area contributed by atoms with Gasteiger partial charge in [-0.1, -0.05) is 0 Å². The molecule has 0 aliphatic carbocycles. The summed E-state index contributed by atoms with van der Waals surface area (Å²) in [6, 6.07) is 8.03. The molecule has 0 unspecified atom stereocenters. The number of nitrogens with zero attached hydrogens (tertiary/aromatic N) is 4. The topological polar surface area (TPSA) is 51.6 Å². The van der Waals surface area contributed by atoms with E-state index in [1.54, 1.807) is 30.5 Å². The lowest BCUT2D eigenvalue weighted by molar-refractivity contribution is 0.496. The van der Waals surface area contributed by atoms with Crippen LogP contribution in [-0.2, 0) is 0 Å². The molecular weight excluding hydrogens is 329 g/mol. The fraction of sp³-hybridized carbons (Fsp3) is 0. The van der Waals surface area contributed by atoms with Gasteiger partial charge in [0, 0.05) is 35.8 Å². The van der Waals surface area contributed by atoms with Crippen LogP contribution in [-0.4, -0.2) is 19.9 Å². The molecule has 0 radical (unpaired) electrons. The van der Waals surface area contributed by atoms with Gasteiger partial charge < -0.3 is 0 Å². The van der Waals surface area contributed by atoms with Crippen LogP contribution in [0.25, 0.3) is 33.7 Å². The summed E-state index contributed by atoms with van der Waals surface area (Å²) in [6.07, 6.45) is 4.51. The van der Waals surface area contributed by atoms with E-state index in [2.05, 4.69) is 19.9 Å². The number of fused-ring (bicyclic) bond motifs is 1. The fourth-order valence-electron chi connectivity index (χ4n) is 2.54. The van der Waals surface area contributed by atoms with Crippen LogP contribution in [0.3, 0.4) is 0 Å². The van der Waals surface area contributed by atoms with Gasteiger partial charge in [-0.05, 0) is 30.3 Å². The van der Waals surface area contributed by atoms with Gasteiger partial charge in [0.05, 0.1) is 11.4 Å². The molecule has 25 heavy (non-hydrogen) atoms. The van der Waals surface area contributed by atoms with Crippen molar-refractivity contribution in [2.24, 2.45) is 0 Å². The Hall–Kier alpha value is -3.35. The van der Waals surface area contributed by atoms with Gasteiger partial charge >= 0.3 is 0 Å². The Morgan fingerprint density at radius 2 is 1.48 bits per heavy atom. The second-order valence-electron chi connectivity index (χ2n) is 5.24. The summed E-state index contributed by atoms with van der Waals surface area (Å²) >= 11 is 0. The number of hydrogen-bond donors (Lipinski definition) is 0. The van der Waals surface area contributed by atoms with E-state index in [9.17, 15) is 13.2 Å². The molecule has 4 rings (SSSR count). The molecule has 0 N–H and O–H groups in total. The molecule has 1 aromatic carbocycles. The predicted molar refractivity (Wildman–Crippen MR) is 85.9 cm³/mol. The van der Waals surface area contributed by atoms with Crippen LogP contribution in [0, 0.1) is 17.5 Å². The zero-order valence-corrected chi connectivity index (χ0v) is 12.6. The quantitative estimate of drug-likeness (QED) is 0.515. The first-order valence-corrected chi connectivity index (χ1v) is 7.31. The molecule has 0 amide bonds. The number of aromatic nitrogens is 4. The third kappa shape index (κ3) is 2.69. The average molecular weight is 338 g/mol. The van der Waals surface area contributed by atoms with Gasteiger partial charge in [-0.25, -0.2) is 23.1 Å². The monoisotopic (exact) mass is 338 g/mol. The first kappa shape index (κ1) is 15.2. The largest absolute Gasteiger partial charge is 0.255 e. The SMILES string of the molecule is Fc1cc(F)c(-c2ncccc2-c2ccc3nccnc3n2)cc1F. The van der Waals surface area contributed by atoms with Gasteiger partial charge in [0.2, 0.25) is 0 Å². The van der Waals surface area contributed by atoms with Crippen molar-refractivity contribution in [1.29, 1.82) is 0 Å². The molecule has 0 saturated carbocycles. The Kier molecular flexibility index (Phi) is 3.61. The minimum absolute atomic E-state index is 0.143. The number of benzene rings is 1. The summed E-state index contributed by atoms with van der Waals surface area (Å²) in [4.78, 5) is 16.8. The molecule has 0 bridgehead atoms. The lowest BCUT2D eigenvalue weighted by atomic mass is 10.0. The Bertz CT molecular complexity index is 1100. The molecule has 0 aliphatic heterocycles. The highest BCUT2D eigenvalue weighted by Gasteiger charge is 2.17. The van der Waals surface area contributed by atoms with Gasteiger partial charge in [0.1, 0.15) is 11.3 Å². The molecule has 0 atom stereocenters. The van der Waals surface area contributed by atoms with E-state index in [0.29, 0.717) is 28.5 Å². The maximum atomic E-state index is 14.2. The van der Waals surface area contributed by atoms with Crippen molar-refractivity contribution < 1.29 is 13.2 Å². The van der Waals surface area contributed by atoms with Crippen LogP contribution in [0.2, 0.25) is 0 Å². The molecule has 122 valence electrons. The molecule has 0 saturated heterocycles. The van der Waals surface area contributed by atoms with Gasteiger partial charge in [0.25, 0.3) is 0 Å². The van der Waals surface area contributed by atoms with Gasteiger partial charge in [-0.15, -0.1) is 0 Å². The molecular formula is C18H9F3N4.